The Morgan fingerprint density at radius 1 is 1.17 bits per heavy atom. The highest BCUT2D eigenvalue weighted by Crippen LogP contribution is 2.24. The summed E-state index contributed by atoms with van der Waals surface area (Å²) in [5.41, 5.74) is 2.41. The normalized spacial score (nSPS) is 20.8. The van der Waals surface area contributed by atoms with Gasteiger partial charge < -0.3 is 15.0 Å². The maximum atomic E-state index is 13.1. The number of likely N-dealkylation sites (tertiary alicyclic amines) is 1. The van der Waals surface area contributed by atoms with E-state index in [9.17, 15) is 9.59 Å². The molecule has 2 atom stereocenters. The van der Waals surface area contributed by atoms with Gasteiger partial charge in [0.15, 0.2) is 0 Å². The summed E-state index contributed by atoms with van der Waals surface area (Å²) in [4.78, 5) is 30.7. The molecule has 4 rings (SSSR count). The molecule has 30 heavy (non-hydrogen) atoms. The van der Waals surface area contributed by atoms with E-state index in [4.69, 9.17) is 4.74 Å². The third-order valence-electron chi connectivity index (χ3n) is 5.97. The van der Waals surface area contributed by atoms with E-state index in [0.717, 1.165) is 25.9 Å². The zero-order chi connectivity index (χ0) is 20.9. The van der Waals surface area contributed by atoms with Crippen LogP contribution in [0.25, 0.3) is 0 Å². The van der Waals surface area contributed by atoms with Crippen molar-refractivity contribution in [3.63, 3.8) is 0 Å². The molecular weight excluding hydrogens is 398 g/mol. The van der Waals surface area contributed by atoms with E-state index in [1.165, 1.54) is 22.5 Å². The first-order valence-electron chi connectivity index (χ1n) is 10.6. The van der Waals surface area contributed by atoms with Gasteiger partial charge in [-0.05, 0) is 36.8 Å². The third-order valence-corrected chi connectivity index (χ3v) is 6.82. The number of carbonyl (C=O) groups excluding carboxylic acids is 2. The summed E-state index contributed by atoms with van der Waals surface area (Å²) in [6, 6.07) is 11.9. The summed E-state index contributed by atoms with van der Waals surface area (Å²) in [5.74, 6) is -0.0892. The lowest BCUT2D eigenvalue weighted by atomic mass is 10.0. The standard InChI is InChI=1S/C23H29N3O3S/c1-17-6-8-18(9-7-17)20(25-11-13-29-14-12-25)16-24-22(27)19-4-2-10-26(19)23(28)21-5-3-15-30-21/h3,5-9,15,19-20H,2,4,10-14,16H2,1H3,(H,24,27)/t19-,20?/m0/s1. The van der Waals surface area contributed by atoms with E-state index >= 15 is 0 Å². The van der Waals surface area contributed by atoms with Gasteiger partial charge in [-0.3, -0.25) is 14.5 Å². The number of nitrogens with one attached hydrogen (secondary N) is 1. The summed E-state index contributed by atoms with van der Waals surface area (Å²) >= 11 is 1.43. The number of benzene rings is 1. The van der Waals surface area contributed by atoms with Crippen LogP contribution in [0.15, 0.2) is 41.8 Å². The topological polar surface area (TPSA) is 61.9 Å². The van der Waals surface area contributed by atoms with Gasteiger partial charge in [0.1, 0.15) is 6.04 Å². The molecule has 2 aromatic rings. The highest BCUT2D eigenvalue weighted by Gasteiger charge is 2.35. The Bertz CT molecular complexity index is 847. The molecule has 2 fully saturated rings. The molecule has 2 aliphatic rings. The molecule has 2 saturated heterocycles. The molecule has 1 aromatic heterocycles. The van der Waals surface area contributed by atoms with Crippen molar-refractivity contribution in [2.45, 2.75) is 31.8 Å². The molecule has 0 spiro atoms. The van der Waals surface area contributed by atoms with Crippen LogP contribution in [-0.4, -0.2) is 67.0 Å². The molecule has 1 unspecified atom stereocenters. The molecule has 6 nitrogen and oxygen atoms in total. The monoisotopic (exact) mass is 427 g/mol. The fraction of sp³-hybridized carbons (Fsp3) is 0.478. The van der Waals surface area contributed by atoms with E-state index < -0.39 is 0 Å². The van der Waals surface area contributed by atoms with Crippen LogP contribution in [0.3, 0.4) is 0 Å². The quantitative estimate of drug-likeness (QED) is 0.770. The fourth-order valence-electron chi connectivity index (χ4n) is 4.27. The molecule has 3 heterocycles. The molecule has 160 valence electrons. The Hall–Kier alpha value is -2.22. The summed E-state index contributed by atoms with van der Waals surface area (Å²) in [7, 11) is 0. The number of hydrogen-bond donors (Lipinski definition) is 1. The third kappa shape index (κ3) is 4.74. The Morgan fingerprint density at radius 3 is 2.63 bits per heavy atom. The lowest BCUT2D eigenvalue weighted by molar-refractivity contribution is -0.125. The van der Waals surface area contributed by atoms with E-state index in [0.29, 0.717) is 31.2 Å². The fourth-order valence-corrected chi connectivity index (χ4v) is 4.95. The van der Waals surface area contributed by atoms with Gasteiger partial charge in [-0.2, -0.15) is 0 Å². The maximum Gasteiger partial charge on any atom is 0.264 e. The van der Waals surface area contributed by atoms with E-state index in [-0.39, 0.29) is 23.9 Å². The SMILES string of the molecule is Cc1ccc(C(CNC(=O)[C@@H]2CCCN2C(=O)c2cccs2)N2CCOCC2)cc1. The van der Waals surface area contributed by atoms with Crippen LogP contribution >= 0.6 is 11.3 Å². The minimum absolute atomic E-state index is 0.0362. The van der Waals surface area contributed by atoms with Gasteiger partial charge in [0.2, 0.25) is 5.91 Å². The molecule has 1 N–H and O–H groups in total. The molecule has 0 aliphatic carbocycles. The van der Waals surface area contributed by atoms with Gasteiger partial charge in [0.25, 0.3) is 5.91 Å². The van der Waals surface area contributed by atoms with Crippen molar-refractivity contribution in [3.05, 3.63) is 57.8 Å². The molecule has 1 aromatic carbocycles. The van der Waals surface area contributed by atoms with Crippen molar-refractivity contribution in [3.8, 4) is 0 Å². The van der Waals surface area contributed by atoms with Gasteiger partial charge in [-0.15, -0.1) is 11.3 Å². The van der Waals surface area contributed by atoms with Crippen molar-refractivity contribution < 1.29 is 14.3 Å². The first kappa shape index (κ1) is 21.0. The molecule has 2 amide bonds. The predicted octanol–water partition coefficient (Wildman–Crippen LogP) is 2.85. The number of morpholine rings is 1. The van der Waals surface area contributed by atoms with E-state index in [1.54, 1.807) is 4.90 Å². The summed E-state index contributed by atoms with van der Waals surface area (Å²) in [5, 5.41) is 5.05. The highest BCUT2D eigenvalue weighted by molar-refractivity contribution is 7.12. The van der Waals surface area contributed by atoms with Crippen LogP contribution in [0.5, 0.6) is 0 Å². The average Bonchev–Trinajstić information content (AvgIpc) is 3.48. The van der Waals surface area contributed by atoms with Crippen molar-refractivity contribution in [2.75, 3.05) is 39.4 Å². The van der Waals surface area contributed by atoms with Crippen molar-refractivity contribution in [2.24, 2.45) is 0 Å². The smallest absolute Gasteiger partial charge is 0.264 e. The number of carbonyl (C=O) groups is 2. The summed E-state index contributed by atoms with van der Waals surface area (Å²) < 4.78 is 5.52. The van der Waals surface area contributed by atoms with Crippen LogP contribution in [0, 0.1) is 6.92 Å². The van der Waals surface area contributed by atoms with Gasteiger partial charge in [0.05, 0.1) is 24.1 Å². The number of nitrogens with zero attached hydrogens (tertiary/aromatic N) is 2. The van der Waals surface area contributed by atoms with Crippen molar-refractivity contribution >= 4 is 23.2 Å². The first-order chi connectivity index (χ1) is 14.6. The largest absolute Gasteiger partial charge is 0.379 e. The number of hydrogen-bond acceptors (Lipinski definition) is 5. The van der Waals surface area contributed by atoms with E-state index in [2.05, 4.69) is 41.4 Å². The molecule has 0 radical (unpaired) electrons. The van der Waals surface area contributed by atoms with Gasteiger partial charge >= 0.3 is 0 Å². The highest BCUT2D eigenvalue weighted by atomic mass is 32.1. The minimum atomic E-state index is -0.386. The number of rotatable bonds is 6. The molecular formula is C23H29N3O3S. The second kappa shape index (κ2) is 9.73. The first-order valence-corrected chi connectivity index (χ1v) is 11.5. The zero-order valence-corrected chi connectivity index (χ0v) is 18.2. The Kier molecular flexibility index (Phi) is 6.82. The molecule has 2 aliphatic heterocycles. The number of thiophene rings is 1. The van der Waals surface area contributed by atoms with Gasteiger partial charge in [-0.25, -0.2) is 0 Å². The Morgan fingerprint density at radius 2 is 1.93 bits per heavy atom. The number of ether oxygens (including phenoxy) is 1. The Balaban J connectivity index is 1.43. The lowest BCUT2D eigenvalue weighted by Crippen LogP contribution is -2.49. The molecule has 0 bridgehead atoms. The predicted molar refractivity (Wildman–Crippen MR) is 118 cm³/mol. The maximum absolute atomic E-state index is 13.1. The minimum Gasteiger partial charge on any atom is -0.379 e. The van der Waals surface area contributed by atoms with E-state index in [1.807, 2.05) is 17.5 Å². The van der Waals surface area contributed by atoms with Gasteiger partial charge in [0, 0.05) is 26.2 Å². The molecule has 7 heteroatoms. The lowest BCUT2D eigenvalue weighted by Gasteiger charge is -2.35. The number of amides is 2. The summed E-state index contributed by atoms with van der Waals surface area (Å²) in [6.45, 7) is 6.36. The second-order valence-corrected chi connectivity index (χ2v) is 8.90. The second-order valence-electron chi connectivity index (χ2n) is 7.95. The average molecular weight is 428 g/mol. The van der Waals surface area contributed by atoms with Crippen LogP contribution in [0.2, 0.25) is 0 Å². The van der Waals surface area contributed by atoms with Crippen molar-refractivity contribution in [1.82, 2.24) is 15.1 Å². The van der Waals surface area contributed by atoms with Crippen LogP contribution in [0.4, 0.5) is 0 Å². The molecule has 0 saturated carbocycles. The van der Waals surface area contributed by atoms with Crippen LogP contribution in [-0.2, 0) is 9.53 Å². The number of aryl methyl sites for hydroxylation is 1. The zero-order valence-electron chi connectivity index (χ0n) is 17.4. The Labute approximate surface area is 181 Å². The van der Waals surface area contributed by atoms with Crippen LogP contribution in [0.1, 0.15) is 39.7 Å². The van der Waals surface area contributed by atoms with Crippen molar-refractivity contribution in [1.29, 1.82) is 0 Å². The summed E-state index contributed by atoms with van der Waals surface area (Å²) in [6.07, 6.45) is 1.58. The van der Waals surface area contributed by atoms with Crippen LogP contribution < -0.4 is 5.32 Å². The van der Waals surface area contributed by atoms with Gasteiger partial charge in [-0.1, -0.05) is 35.9 Å².